The highest BCUT2D eigenvalue weighted by atomic mass is 19.1. The van der Waals surface area contributed by atoms with E-state index in [2.05, 4.69) is 6.07 Å². The van der Waals surface area contributed by atoms with E-state index >= 15 is 0 Å². The molecule has 0 unspecified atom stereocenters. The van der Waals surface area contributed by atoms with Crippen molar-refractivity contribution in [2.45, 2.75) is 13.3 Å². The number of nitrogen functional groups attached to an aromatic ring is 1. The first kappa shape index (κ1) is 16.1. The average Bonchev–Trinajstić information content (AvgIpc) is 2.43. The fourth-order valence-corrected chi connectivity index (χ4v) is 1.84. The van der Waals surface area contributed by atoms with Gasteiger partial charge in [-0.15, -0.1) is 0 Å². The Balaban J connectivity index is 3.03. The van der Waals surface area contributed by atoms with Crippen LogP contribution in [-0.4, -0.2) is 33.4 Å². The average molecular weight is 281 g/mol. The van der Waals surface area contributed by atoms with Gasteiger partial charge in [-0.1, -0.05) is 0 Å². The van der Waals surface area contributed by atoms with E-state index in [1.807, 2.05) is 4.90 Å². The van der Waals surface area contributed by atoms with Crippen molar-refractivity contribution in [1.82, 2.24) is 0 Å². The van der Waals surface area contributed by atoms with E-state index in [9.17, 15) is 4.39 Å². The predicted molar refractivity (Wildman–Crippen MR) is 76.3 cm³/mol. The van der Waals surface area contributed by atoms with Crippen molar-refractivity contribution in [3.63, 3.8) is 0 Å². The molecule has 0 fully saturated rings. The highest BCUT2D eigenvalue weighted by Crippen LogP contribution is 2.31. The standard InChI is InChI=1S/C14H20FN3O2/c1-3-20-14-10-13(12(17)9-11(14)15)18(6-4-5-16)7-8-19-2/h9-10H,3-4,6-8,17H2,1-2H3. The molecule has 110 valence electrons. The van der Waals surface area contributed by atoms with Crippen LogP contribution >= 0.6 is 0 Å². The minimum absolute atomic E-state index is 0.163. The zero-order valence-electron chi connectivity index (χ0n) is 11.9. The third-order valence-electron chi connectivity index (χ3n) is 2.78. The quantitative estimate of drug-likeness (QED) is 0.739. The van der Waals surface area contributed by atoms with Gasteiger partial charge >= 0.3 is 0 Å². The highest BCUT2D eigenvalue weighted by molar-refractivity contribution is 5.70. The monoisotopic (exact) mass is 281 g/mol. The lowest BCUT2D eigenvalue weighted by molar-refractivity contribution is 0.205. The summed E-state index contributed by atoms with van der Waals surface area (Å²) in [6.45, 7) is 3.72. The van der Waals surface area contributed by atoms with Crippen molar-refractivity contribution >= 4 is 11.4 Å². The van der Waals surface area contributed by atoms with Gasteiger partial charge in [0.15, 0.2) is 11.6 Å². The summed E-state index contributed by atoms with van der Waals surface area (Å²) in [5.74, 6) is -0.323. The van der Waals surface area contributed by atoms with E-state index in [0.29, 0.717) is 44.1 Å². The number of nitrogens with zero attached hydrogens (tertiary/aromatic N) is 2. The van der Waals surface area contributed by atoms with Gasteiger partial charge in [0.2, 0.25) is 0 Å². The number of halogens is 1. The number of methoxy groups -OCH3 is 1. The number of nitrogens with two attached hydrogens (primary N) is 1. The number of rotatable bonds is 8. The molecule has 20 heavy (non-hydrogen) atoms. The molecule has 1 aromatic rings. The second-order valence-corrected chi connectivity index (χ2v) is 4.16. The van der Waals surface area contributed by atoms with Crippen LogP contribution in [0.5, 0.6) is 5.75 Å². The van der Waals surface area contributed by atoms with Gasteiger partial charge in [0, 0.05) is 32.3 Å². The Labute approximate surface area is 118 Å². The van der Waals surface area contributed by atoms with E-state index in [0.717, 1.165) is 0 Å². The van der Waals surface area contributed by atoms with Crippen LogP contribution in [0.1, 0.15) is 13.3 Å². The largest absolute Gasteiger partial charge is 0.491 e. The van der Waals surface area contributed by atoms with Crippen molar-refractivity contribution in [3.8, 4) is 11.8 Å². The molecule has 0 amide bonds. The Morgan fingerprint density at radius 3 is 2.75 bits per heavy atom. The van der Waals surface area contributed by atoms with Gasteiger partial charge in [0.1, 0.15) is 0 Å². The number of benzene rings is 1. The molecule has 0 saturated carbocycles. The van der Waals surface area contributed by atoms with Gasteiger partial charge in [0.25, 0.3) is 0 Å². The molecule has 0 aliphatic rings. The van der Waals surface area contributed by atoms with E-state index in [4.69, 9.17) is 20.5 Å². The van der Waals surface area contributed by atoms with Crippen LogP contribution in [0.4, 0.5) is 15.8 Å². The lowest BCUT2D eigenvalue weighted by Crippen LogP contribution is -2.29. The SMILES string of the molecule is CCOc1cc(N(CCC#N)CCOC)c(N)cc1F. The fourth-order valence-electron chi connectivity index (χ4n) is 1.84. The molecule has 0 heterocycles. The van der Waals surface area contributed by atoms with Crippen LogP contribution < -0.4 is 15.4 Å². The van der Waals surface area contributed by atoms with Crippen molar-refractivity contribution in [2.75, 3.05) is 44.0 Å². The second kappa shape index (κ2) is 8.23. The molecule has 5 nitrogen and oxygen atoms in total. The first-order valence-electron chi connectivity index (χ1n) is 6.46. The van der Waals surface area contributed by atoms with Crippen LogP contribution in [0.15, 0.2) is 12.1 Å². The number of hydrogen-bond acceptors (Lipinski definition) is 5. The number of nitriles is 1. The maximum atomic E-state index is 13.7. The van der Waals surface area contributed by atoms with E-state index in [1.165, 1.54) is 6.07 Å². The van der Waals surface area contributed by atoms with Crippen LogP contribution in [-0.2, 0) is 4.74 Å². The minimum Gasteiger partial charge on any atom is -0.491 e. The first-order valence-corrected chi connectivity index (χ1v) is 6.46. The lowest BCUT2D eigenvalue weighted by atomic mass is 10.2. The Kier molecular flexibility index (Phi) is 6.60. The number of hydrogen-bond donors (Lipinski definition) is 1. The molecular formula is C14H20FN3O2. The normalized spacial score (nSPS) is 10.1. The summed E-state index contributed by atoms with van der Waals surface area (Å²) in [7, 11) is 1.60. The predicted octanol–water partition coefficient (Wildman–Crippen LogP) is 2.17. The Morgan fingerprint density at radius 1 is 1.40 bits per heavy atom. The third-order valence-corrected chi connectivity index (χ3v) is 2.78. The van der Waals surface area contributed by atoms with Crippen molar-refractivity contribution in [3.05, 3.63) is 17.9 Å². The smallest absolute Gasteiger partial charge is 0.167 e. The van der Waals surface area contributed by atoms with Gasteiger partial charge < -0.3 is 20.1 Å². The number of anilines is 2. The number of ether oxygens (including phenoxy) is 2. The van der Waals surface area contributed by atoms with Gasteiger partial charge in [-0.2, -0.15) is 5.26 Å². The molecule has 0 aliphatic carbocycles. The third kappa shape index (κ3) is 4.28. The maximum Gasteiger partial charge on any atom is 0.167 e. The Morgan fingerprint density at radius 2 is 2.15 bits per heavy atom. The topological polar surface area (TPSA) is 71.5 Å². The molecule has 0 bridgehead atoms. The zero-order chi connectivity index (χ0) is 15.0. The molecule has 6 heteroatoms. The molecule has 0 saturated heterocycles. The van der Waals surface area contributed by atoms with E-state index in [-0.39, 0.29) is 5.75 Å². The molecule has 0 aliphatic heterocycles. The summed E-state index contributed by atoms with van der Waals surface area (Å²) in [6.07, 6.45) is 0.352. The highest BCUT2D eigenvalue weighted by Gasteiger charge is 2.14. The molecule has 0 radical (unpaired) electrons. The molecule has 0 atom stereocenters. The Bertz CT molecular complexity index is 474. The Hall–Kier alpha value is -2.00. The molecule has 2 N–H and O–H groups in total. The van der Waals surface area contributed by atoms with Gasteiger partial charge in [-0.25, -0.2) is 4.39 Å². The summed E-state index contributed by atoms with van der Waals surface area (Å²) in [4.78, 5) is 1.89. The van der Waals surface area contributed by atoms with Gasteiger partial charge in [-0.05, 0) is 6.92 Å². The van der Waals surface area contributed by atoms with Gasteiger partial charge in [-0.3, -0.25) is 0 Å². The minimum atomic E-state index is -0.486. The van der Waals surface area contributed by atoms with Crippen LogP contribution in [0.2, 0.25) is 0 Å². The van der Waals surface area contributed by atoms with Crippen molar-refractivity contribution < 1.29 is 13.9 Å². The zero-order valence-corrected chi connectivity index (χ0v) is 11.9. The fraction of sp³-hybridized carbons (Fsp3) is 0.500. The lowest BCUT2D eigenvalue weighted by Gasteiger charge is -2.25. The molecule has 1 rings (SSSR count). The molecule has 0 aromatic heterocycles. The summed E-state index contributed by atoms with van der Waals surface area (Å²) in [6, 6.07) is 4.90. The summed E-state index contributed by atoms with van der Waals surface area (Å²) >= 11 is 0. The summed E-state index contributed by atoms with van der Waals surface area (Å²) in [5.41, 5.74) is 6.84. The molecule has 0 spiro atoms. The van der Waals surface area contributed by atoms with E-state index < -0.39 is 5.82 Å². The van der Waals surface area contributed by atoms with E-state index in [1.54, 1.807) is 20.1 Å². The summed E-state index contributed by atoms with van der Waals surface area (Å²) < 4.78 is 24.0. The first-order chi connectivity index (χ1) is 9.63. The van der Waals surface area contributed by atoms with Crippen LogP contribution in [0, 0.1) is 17.1 Å². The van der Waals surface area contributed by atoms with Crippen molar-refractivity contribution in [1.29, 1.82) is 5.26 Å². The second-order valence-electron chi connectivity index (χ2n) is 4.16. The van der Waals surface area contributed by atoms with Crippen molar-refractivity contribution in [2.24, 2.45) is 0 Å². The van der Waals surface area contributed by atoms with Gasteiger partial charge in [0.05, 0.1) is 37.1 Å². The summed E-state index contributed by atoms with van der Waals surface area (Å²) in [5, 5.41) is 8.72. The molecular weight excluding hydrogens is 261 g/mol. The van der Waals surface area contributed by atoms with Crippen LogP contribution in [0.25, 0.3) is 0 Å². The van der Waals surface area contributed by atoms with Crippen LogP contribution in [0.3, 0.4) is 0 Å². The maximum absolute atomic E-state index is 13.7. The molecule has 1 aromatic carbocycles.